The zero-order valence-electron chi connectivity index (χ0n) is 28.1. The first-order valence-electron chi connectivity index (χ1n) is 17.9. The van der Waals surface area contributed by atoms with Crippen molar-refractivity contribution in [2.45, 2.75) is 0 Å². The molecule has 0 saturated carbocycles. The molecule has 0 fully saturated rings. The lowest BCUT2D eigenvalue weighted by Gasteiger charge is -2.18. The number of aromatic nitrogens is 2. The van der Waals surface area contributed by atoms with E-state index in [1.807, 2.05) is 24.5 Å². The molecule has 2 heteroatoms. The Hall–Kier alpha value is -6.90. The summed E-state index contributed by atoms with van der Waals surface area (Å²) < 4.78 is 0. The maximum Gasteiger partial charge on any atom is 0.0714 e. The zero-order valence-corrected chi connectivity index (χ0v) is 28.1. The van der Waals surface area contributed by atoms with Crippen LogP contribution in [-0.4, -0.2) is 9.97 Å². The normalized spacial score (nSPS) is 12.2. The molecule has 0 unspecified atom stereocenters. The van der Waals surface area contributed by atoms with Crippen LogP contribution in [0, 0.1) is 0 Å². The van der Waals surface area contributed by atoms with Crippen LogP contribution in [0.5, 0.6) is 0 Å². The van der Waals surface area contributed by atoms with Gasteiger partial charge in [-0.05, 0) is 130 Å². The fourth-order valence-electron chi connectivity index (χ4n) is 9.36. The van der Waals surface area contributed by atoms with E-state index >= 15 is 0 Å². The van der Waals surface area contributed by atoms with Gasteiger partial charge in [-0.2, -0.15) is 0 Å². The van der Waals surface area contributed by atoms with Crippen LogP contribution in [0.4, 0.5) is 0 Å². The van der Waals surface area contributed by atoms with Gasteiger partial charge < -0.3 is 0 Å². The quantitative estimate of drug-likeness (QED) is 0.177. The molecule has 12 rings (SSSR count). The summed E-state index contributed by atoms with van der Waals surface area (Å²) in [5, 5.41) is 20.2. The fourth-order valence-corrected chi connectivity index (χ4v) is 9.36. The maximum atomic E-state index is 5.14. The summed E-state index contributed by atoms with van der Waals surface area (Å²) in [6.45, 7) is 0. The average Bonchev–Trinajstić information content (AvgIpc) is 3.71. The molecule has 0 spiro atoms. The summed E-state index contributed by atoms with van der Waals surface area (Å²) in [5.41, 5.74) is 6.72. The molecule has 238 valence electrons. The van der Waals surface area contributed by atoms with Gasteiger partial charge in [-0.25, -0.2) is 0 Å². The van der Waals surface area contributed by atoms with Crippen LogP contribution in [0.15, 0.2) is 170 Å². The van der Waals surface area contributed by atoms with Gasteiger partial charge in [0.05, 0.1) is 11.4 Å². The van der Waals surface area contributed by atoms with Crippen LogP contribution in [-0.2, 0) is 0 Å². The molecule has 0 bridgehead atoms. The van der Waals surface area contributed by atoms with Crippen molar-refractivity contribution < 1.29 is 0 Å². The molecule has 52 heavy (non-hydrogen) atoms. The highest BCUT2D eigenvalue weighted by molar-refractivity contribution is 6.46. The van der Waals surface area contributed by atoms with Crippen molar-refractivity contribution in [2.75, 3.05) is 0 Å². The molecule has 12 aromatic rings. The highest BCUT2D eigenvalue weighted by atomic mass is 14.7. The van der Waals surface area contributed by atoms with Crippen molar-refractivity contribution in [3.63, 3.8) is 0 Å². The highest BCUT2D eigenvalue weighted by Gasteiger charge is 2.28. The molecule has 0 saturated heterocycles. The van der Waals surface area contributed by atoms with Crippen molar-refractivity contribution in [1.29, 1.82) is 0 Å². The SMILES string of the molecule is c1ccc(-c2cc3c4ccccc4c4cc5c(-c6ccccn6)c6c7cccc8c9ccccc9cc(c6c(-c6ccccn6)c5c(c2)c34)c87)cc1. The third-order valence-corrected chi connectivity index (χ3v) is 11.4. The van der Waals surface area contributed by atoms with Crippen molar-refractivity contribution in [3.05, 3.63) is 170 Å². The first-order chi connectivity index (χ1) is 25.8. The van der Waals surface area contributed by atoms with Gasteiger partial charge in [0.15, 0.2) is 0 Å². The number of hydrogen-bond donors (Lipinski definition) is 0. The maximum absolute atomic E-state index is 5.14. The Morgan fingerprint density at radius 1 is 0.269 bits per heavy atom. The monoisotopic (exact) mass is 656 g/mol. The first-order valence-corrected chi connectivity index (χ1v) is 17.9. The second kappa shape index (κ2) is 10.3. The number of rotatable bonds is 3. The van der Waals surface area contributed by atoms with E-state index in [2.05, 4.69) is 146 Å². The standard InChI is InChI=1S/C50H28N2/c1-2-13-29(14-3-1)31-26-37-33-17-6-7-18-34(33)38-28-41-46(39(27-31)45(37)38)50(43-22-9-11-24-52-43)49-40-25-30-15-4-5-16-32(30)35-19-12-20-36(44(35)40)48(49)47(41)42-21-8-10-23-51-42/h1-28H. The van der Waals surface area contributed by atoms with Crippen LogP contribution in [0.3, 0.4) is 0 Å². The van der Waals surface area contributed by atoms with E-state index in [0.29, 0.717) is 0 Å². The van der Waals surface area contributed by atoms with E-state index in [9.17, 15) is 0 Å². The summed E-state index contributed by atoms with van der Waals surface area (Å²) in [5.74, 6) is 0. The van der Waals surface area contributed by atoms with E-state index in [4.69, 9.17) is 9.97 Å². The third kappa shape index (κ3) is 3.63. The fraction of sp³-hybridized carbons (Fsp3) is 0. The lowest BCUT2D eigenvalue weighted by molar-refractivity contribution is 1.33. The van der Waals surface area contributed by atoms with Gasteiger partial charge in [0.25, 0.3) is 0 Å². The average molecular weight is 657 g/mol. The molecule has 0 atom stereocenters. The molecule has 0 aliphatic carbocycles. The Labute approximate surface area is 298 Å². The van der Waals surface area contributed by atoms with E-state index < -0.39 is 0 Å². The molecule has 2 nitrogen and oxygen atoms in total. The molecule has 10 aromatic carbocycles. The molecule has 2 heterocycles. The van der Waals surface area contributed by atoms with Crippen molar-refractivity contribution in [3.8, 4) is 33.6 Å². The van der Waals surface area contributed by atoms with Crippen molar-refractivity contribution >= 4 is 86.2 Å². The Morgan fingerprint density at radius 3 is 1.58 bits per heavy atom. The molecule has 0 amide bonds. The molecular formula is C50H28N2. The summed E-state index contributed by atoms with van der Waals surface area (Å²) in [7, 11) is 0. The molecule has 0 radical (unpaired) electrons. The van der Waals surface area contributed by atoms with Gasteiger partial charge in [0, 0.05) is 39.7 Å². The van der Waals surface area contributed by atoms with Gasteiger partial charge >= 0.3 is 0 Å². The van der Waals surface area contributed by atoms with Crippen LogP contribution in [0.25, 0.3) is 120 Å². The van der Waals surface area contributed by atoms with E-state index in [1.165, 1.54) is 108 Å². The van der Waals surface area contributed by atoms with Gasteiger partial charge in [-0.1, -0.05) is 109 Å². The second-order valence-corrected chi connectivity index (χ2v) is 14.0. The topological polar surface area (TPSA) is 25.8 Å². The highest BCUT2D eigenvalue weighted by Crippen LogP contribution is 2.55. The lowest BCUT2D eigenvalue weighted by atomic mass is 9.85. The van der Waals surface area contributed by atoms with Gasteiger partial charge in [-0.15, -0.1) is 0 Å². The minimum absolute atomic E-state index is 0.975. The number of fused-ring (bicyclic) bond motifs is 10. The predicted molar refractivity (Wildman–Crippen MR) is 221 cm³/mol. The molecule has 0 aliphatic heterocycles. The van der Waals surface area contributed by atoms with Crippen molar-refractivity contribution in [1.82, 2.24) is 9.97 Å². The number of pyridine rings is 2. The Kier molecular flexibility index (Phi) is 5.53. The summed E-state index contributed by atoms with van der Waals surface area (Å²) >= 11 is 0. The zero-order chi connectivity index (χ0) is 33.9. The van der Waals surface area contributed by atoms with Gasteiger partial charge in [0.1, 0.15) is 0 Å². The lowest BCUT2D eigenvalue weighted by Crippen LogP contribution is -1.94. The largest absolute Gasteiger partial charge is 0.256 e. The summed E-state index contributed by atoms with van der Waals surface area (Å²) in [6.07, 6.45) is 3.86. The Bertz CT molecular complexity index is 3370. The number of nitrogens with zero attached hydrogens (tertiary/aromatic N) is 2. The van der Waals surface area contributed by atoms with E-state index in [-0.39, 0.29) is 0 Å². The molecule has 0 N–H and O–H groups in total. The van der Waals surface area contributed by atoms with E-state index in [1.54, 1.807) is 0 Å². The minimum Gasteiger partial charge on any atom is -0.256 e. The van der Waals surface area contributed by atoms with Crippen molar-refractivity contribution in [2.24, 2.45) is 0 Å². The van der Waals surface area contributed by atoms with E-state index in [0.717, 1.165) is 11.4 Å². The smallest absolute Gasteiger partial charge is 0.0714 e. The van der Waals surface area contributed by atoms with Crippen LogP contribution in [0.2, 0.25) is 0 Å². The number of hydrogen-bond acceptors (Lipinski definition) is 2. The van der Waals surface area contributed by atoms with Gasteiger partial charge in [-0.3, -0.25) is 9.97 Å². The third-order valence-electron chi connectivity index (χ3n) is 11.4. The summed E-state index contributed by atoms with van der Waals surface area (Å²) in [4.78, 5) is 10.2. The van der Waals surface area contributed by atoms with Crippen LogP contribution >= 0.6 is 0 Å². The summed E-state index contributed by atoms with van der Waals surface area (Å²) in [6, 6.07) is 57.7. The van der Waals surface area contributed by atoms with Crippen LogP contribution in [0.1, 0.15) is 0 Å². The number of benzene rings is 8. The molecular weight excluding hydrogens is 629 g/mol. The Morgan fingerprint density at radius 2 is 0.827 bits per heavy atom. The first kappa shape index (κ1) is 27.9. The Balaban J connectivity index is 1.45. The second-order valence-electron chi connectivity index (χ2n) is 14.0. The van der Waals surface area contributed by atoms with Gasteiger partial charge in [0.2, 0.25) is 0 Å². The van der Waals surface area contributed by atoms with Crippen LogP contribution < -0.4 is 0 Å². The molecule has 2 aromatic heterocycles. The minimum atomic E-state index is 0.975. The predicted octanol–water partition coefficient (Wildman–Crippen LogP) is 13.6. The molecule has 0 aliphatic rings.